The Morgan fingerprint density at radius 3 is 2.30 bits per heavy atom. The van der Waals surface area contributed by atoms with Crippen molar-refractivity contribution in [3.8, 4) is 0 Å². The summed E-state index contributed by atoms with van der Waals surface area (Å²) in [5.41, 5.74) is 0.0591. The molecular weight excluding hydrogens is 395 g/mol. The van der Waals surface area contributed by atoms with Gasteiger partial charge in [0.1, 0.15) is 5.82 Å². The van der Waals surface area contributed by atoms with E-state index in [4.69, 9.17) is 0 Å². The van der Waals surface area contributed by atoms with Crippen LogP contribution in [0.2, 0.25) is 0 Å². The van der Waals surface area contributed by atoms with E-state index in [1.54, 1.807) is 0 Å². The molecule has 8 heteroatoms. The van der Waals surface area contributed by atoms with Crippen molar-refractivity contribution in [2.45, 2.75) is 17.7 Å². The highest BCUT2D eigenvalue weighted by molar-refractivity contribution is 9.10. The predicted molar refractivity (Wildman–Crippen MR) is 84.4 cm³/mol. The molecule has 2 aromatic rings. The Morgan fingerprint density at radius 2 is 1.74 bits per heavy atom. The largest absolute Gasteiger partial charge is 0.286 e. The standard InChI is InChI=1S/C15H13BrF3NO2S/c1-10-6-13(17)8-14(7-10)23(21,22)20-9-15(18,19)11-2-4-12(16)5-3-11/h2-8,20H,9H2,1H3. The van der Waals surface area contributed by atoms with E-state index in [9.17, 15) is 21.6 Å². The van der Waals surface area contributed by atoms with Crippen molar-refractivity contribution in [3.05, 3.63) is 63.9 Å². The number of benzene rings is 2. The van der Waals surface area contributed by atoms with Crippen molar-refractivity contribution in [2.75, 3.05) is 6.54 Å². The molecule has 0 aliphatic carbocycles. The van der Waals surface area contributed by atoms with Crippen LogP contribution in [-0.2, 0) is 15.9 Å². The van der Waals surface area contributed by atoms with Crippen LogP contribution in [0.1, 0.15) is 11.1 Å². The van der Waals surface area contributed by atoms with Gasteiger partial charge in [-0.2, -0.15) is 8.78 Å². The van der Waals surface area contributed by atoms with Gasteiger partial charge in [0.05, 0.1) is 11.4 Å². The molecule has 0 heterocycles. The lowest BCUT2D eigenvalue weighted by molar-refractivity contribution is 0.00208. The minimum Gasteiger partial charge on any atom is -0.207 e. The van der Waals surface area contributed by atoms with Gasteiger partial charge < -0.3 is 0 Å². The Bertz CT molecular complexity index is 788. The molecule has 124 valence electrons. The third kappa shape index (κ3) is 4.55. The Kier molecular flexibility index (Phi) is 5.17. The van der Waals surface area contributed by atoms with Crippen molar-refractivity contribution >= 4 is 26.0 Å². The van der Waals surface area contributed by atoms with Gasteiger partial charge in [-0.15, -0.1) is 0 Å². The number of rotatable bonds is 5. The van der Waals surface area contributed by atoms with E-state index in [0.717, 1.165) is 12.1 Å². The van der Waals surface area contributed by atoms with E-state index in [0.29, 0.717) is 10.0 Å². The van der Waals surface area contributed by atoms with Gasteiger partial charge >= 0.3 is 0 Å². The van der Waals surface area contributed by atoms with Crippen LogP contribution >= 0.6 is 15.9 Å². The number of halogens is 4. The monoisotopic (exact) mass is 407 g/mol. The molecule has 0 saturated heterocycles. The van der Waals surface area contributed by atoms with Crippen LogP contribution in [0.25, 0.3) is 0 Å². The topological polar surface area (TPSA) is 46.2 Å². The highest BCUT2D eigenvalue weighted by Gasteiger charge is 2.33. The number of aryl methyl sites for hydroxylation is 1. The van der Waals surface area contributed by atoms with Gasteiger partial charge in [-0.3, -0.25) is 0 Å². The molecule has 0 bridgehead atoms. The van der Waals surface area contributed by atoms with Crippen LogP contribution in [-0.4, -0.2) is 15.0 Å². The zero-order chi connectivity index (χ0) is 17.3. The minimum absolute atomic E-state index is 0.321. The summed E-state index contributed by atoms with van der Waals surface area (Å²) in [5.74, 6) is -4.14. The van der Waals surface area contributed by atoms with Gasteiger partial charge in [0, 0.05) is 10.0 Å². The third-order valence-electron chi connectivity index (χ3n) is 3.08. The minimum atomic E-state index is -4.23. The first-order valence-electron chi connectivity index (χ1n) is 6.51. The lowest BCUT2D eigenvalue weighted by Crippen LogP contribution is -2.35. The van der Waals surface area contributed by atoms with Crippen molar-refractivity contribution in [3.63, 3.8) is 0 Å². The highest BCUT2D eigenvalue weighted by Crippen LogP contribution is 2.28. The number of sulfonamides is 1. The Hall–Kier alpha value is -1.38. The maximum absolute atomic E-state index is 14.1. The fraction of sp³-hybridized carbons (Fsp3) is 0.200. The summed E-state index contributed by atoms with van der Waals surface area (Å²) in [7, 11) is -4.23. The molecule has 0 atom stereocenters. The normalized spacial score (nSPS) is 12.4. The molecule has 0 radical (unpaired) electrons. The molecule has 0 aromatic heterocycles. The first-order valence-corrected chi connectivity index (χ1v) is 8.78. The molecule has 23 heavy (non-hydrogen) atoms. The first-order chi connectivity index (χ1) is 10.6. The van der Waals surface area contributed by atoms with E-state index in [2.05, 4.69) is 15.9 Å². The van der Waals surface area contributed by atoms with Crippen LogP contribution in [0.5, 0.6) is 0 Å². The summed E-state index contributed by atoms with van der Waals surface area (Å²) in [6.45, 7) is 0.394. The van der Waals surface area contributed by atoms with Gasteiger partial charge in [0.2, 0.25) is 10.0 Å². The van der Waals surface area contributed by atoms with Gasteiger partial charge in [0.15, 0.2) is 0 Å². The van der Waals surface area contributed by atoms with Crippen LogP contribution in [0.3, 0.4) is 0 Å². The zero-order valence-corrected chi connectivity index (χ0v) is 14.4. The second-order valence-corrected chi connectivity index (χ2v) is 7.68. The summed E-state index contributed by atoms with van der Waals surface area (Å²) in [4.78, 5) is -0.387. The van der Waals surface area contributed by atoms with Crippen LogP contribution < -0.4 is 4.72 Å². The van der Waals surface area contributed by atoms with E-state index in [1.807, 2.05) is 4.72 Å². The zero-order valence-electron chi connectivity index (χ0n) is 12.0. The molecule has 0 spiro atoms. The summed E-state index contributed by atoms with van der Waals surface area (Å²) in [6.07, 6.45) is 0. The molecule has 0 saturated carbocycles. The van der Waals surface area contributed by atoms with Gasteiger partial charge in [-0.25, -0.2) is 17.5 Å². The van der Waals surface area contributed by atoms with Crippen LogP contribution in [0, 0.1) is 12.7 Å². The first kappa shape index (κ1) is 18.0. The Morgan fingerprint density at radius 1 is 1.13 bits per heavy atom. The van der Waals surface area contributed by atoms with Crippen molar-refractivity contribution in [1.82, 2.24) is 4.72 Å². The number of nitrogens with one attached hydrogen (secondary N) is 1. The lowest BCUT2D eigenvalue weighted by Gasteiger charge is -2.18. The maximum Gasteiger partial charge on any atom is 0.286 e. The fourth-order valence-electron chi connectivity index (χ4n) is 1.92. The van der Waals surface area contributed by atoms with E-state index in [-0.39, 0.29) is 10.5 Å². The summed E-state index contributed by atoms with van der Waals surface area (Å²) >= 11 is 3.14. The average molecular weight is 408 g/mol. The summed E-state index contributed by atoms with van der Waals surface area (Å²) in [6, 6.07) is 8.42. The molecule has 0 aliphatic heterocycles. The lowest BCUT2D eigenvalue weighted by atomic mass is 10.1. The van der Waals surface area contributed by atoms with Crippen LogP contribution in [0.4, 0.5) is 13.2 Å². The van der Waals surface area contributed by atoms with Gasteiger partial charge in [0.25, 0.3) is 5.92 Å². The molecule has 0 fully saturated rings. The third-order valence-corrected chi connectivity index (χ3v) is 4.99. The van der Waals surface area contributed by atoms with Crippen molar-refractivity contribution in [2.24, 2.45) is 0 Å². The van der Waals surface area contributed by atoms with E-state index in [1.165, 1.54) is 37.3 Å². The second kappa shape index (κ2) is 6.62. The SMILES string of the molecule is Cc1cc(F)cc(S(=O)(=O)NCC(F)(F)c2ccc(Br)cc2)c1. The Labute approximate surface area is 140 Å². The smallest absolute Gasteiger partial charge is 0.207 e. The molecule has 0 unspecified atom stereocenters. The Balaban J connectivity index is 2.19. The number of alkyl halides is 2. The van der Waals surface area contributed by atoms with Gasteiger partial charge in [-0.1, -0.05) is 28.1 Å². The van der Waals surface area contributed by atoms with E-state index < -0.39 is 28.3 Å². The van der Waals surface area contributed by atoms with Crippen LogP contribution in [0.15, 0.2) is 51.8 Å². The molecule has 3 nitrogen and oxygen atoms in total. The highest BCUT2D eigenvalue weighted by atomic mass is 79.9. The predicted octanol–water partition coefficient (Wildman–Crippen LogP) is 3.97. The van der Waals surface area contributed by atoms with E-state index >= 15 is 0 Å². The molecule has 2 aromatic carbocycles. The molecule has 0 aliphatic rings. The fourth-order valence-corrected chi connectivity index (χ4v) is 3.33. The van der Waals surface area contributed by atoms with Gasteiger partial charge in [-0.05, 0) is 42.8 Å². The maximum atomic E-state index is 14.1. The average Bonchev–Trinajstić information content (AvgIpc) is 2.45. The summed E-state index contributed by atoms with van der Waals surface area (Å²) < 4.78 is 68.0. The summed E-state index contributed by atoms with van der Waals surface area (Å²) in [5, 5.41) is 0. The van der Waals surface area contributed by atoms with Crippen molar-refractivity contribution < 1.29 is 21.6 Å². The number of hydrogen-bond acceptors (Lipinski definition) is 2. The number of hydrogen-bond donors (Lipinski definition) is 1. The van der Waals surface area contributed by atoms with Crippen molar-refractivity contribution in [1.29, 1.82) is 0 Å². The molecule has 2 rings (SSSR count). The second-order valence-electron chi connectivity index (χ2n) is 5.00. The molecular formula is C15H13BrF3NO2S. The quantitative estimate of drug-likeness (QED) is 0.814. The molecule has 1 N–H and O–H groups in total. The molecule has 0 amide bonds.